The van der Waals surface area contributed by atoms with E-state index in [0.29, 0.717) is 18.5 Å². The zero-order chi connectivity index (χ0) is 39.5. The predicted molar refractivity (Wildman–Crippen MR) is 219 cm³/mol. The highest BCUT2D eigenvalue weighted by Crippen LogP contribution is 2.44. The smallest absolute Gasteiger partial charge is 0.240 e. The van der Waals surface area contributed by atoms with Gasteiger partial charge in [-0.2, -0.15) is 0 Å². The van der Waals surface area contributed by atoms with E-state index < -0.39 is 16.3 Å². The first-order valence-electron chi connectivity index (χ1n) is 20.2. The Kier molecular flexibility index (Phi) is 12.5. The van der Waals surface area contributed by atoms with E-state index in [1.165, 1.54) is 19.3 Å². The van der Waals surface area contributed by atoms with Crippen LogP contribution in [-0.2, 0) is 37.4 Å². The van der Waals surface area contributed by atoms with Crippen molar-refractivity contribution >= 4 is 15.9 Å². The molecule has 1 aliphatic carbocycles. The topological polar surface area (TPSA) is 117 Å². The molecule has 1 amide bonds. The number of sulfonamides is 1. The van der Waals surface area contributed by atoms with Crippen molar-refractivity contribution in [3.8, 4) is 11.1 Å². The van der Waals surface area contributed by atoms with Gasteiger partial charge in [0.25, 0.3) is 0 Å². The van der Waals surface area contributed by atoms with Crippen molar-refractivity contribution in [2.75, 3.05) is 6.54 Å². The second kappa shape index (κ2) is 17.3. The summed E-state index contributed by atoms with van der Waals surface area (Å²) in [4.78, 5) is 16.6. The molecule has 3 N–H and O–H groups in total. The maximum Gasteiger partial charge on any atom is 0.240 e. The molecule has 1 saturated carbocycles. The first kappa shape index (κ1) is 40.3. The van der Waals surface area contributed by atoms with Gasteiger partial charge < -0.3 is 19.9 Å². The molecule has 0 bridgehead atoms. The molecule has 7 atom stereocenters. The molecule has 7 rings (SSSR count). The maximum atomic E-state index is 13.9. The number of carbonyl (C=O) groups excluding carboxylic acids is 1. The number of likely N-dealkylation sites (tertiary alicyclic amines) is 1. The summed E-state index contributed by atoms with van der Waals surface area (Å²) in [7, 11) is -3.68. The number of amides is 1. The number of nitrogens with zero attached hydrogens (tertiary/aromatic N) is 1. The summed E-state index contributed by atoms with van der Waals surface area (Å²) in [5, 5.41) is 13.0. The minimum atomic E-state index is -3.68. The van der Waals surface area contributed by atoms with Gasteiger partial charge in [0.05, 0.1) is 29.8 Å². The van der Waals surface area contributed by atoms with Crippen molar-refractivity contribution in [1.82, 2.24) is 14.9 Å². The number of rotatable bonds is 11. The maximum absolute atomic E-state index is 13.9. The Morgan fingerprint density at radius 3 is 2.21 bits per heavy atom. The Morgan fingerprint density at radius 2 is 1.50 bits per heavy atom. The molecule has 4 aromatic rings. The van der Waals surface area contributed by atoms with E-state index in [1.807, 2.05) is 93.6 Å². The highest BCUT2D eigenvalue weighted by atomic mass is 32.2. The lowest BCUT2D eigenvalue weighted by Gasteiger charge is -2.51. The highest BCUT2D eigenvalue weighted by Gasteiger charge is 2.46. The van der Waals surface area contributed by atoms with E-state index in [1.54, 1.807) is 30.3 Å². The number of aliphatic hydroxyl groups excluding tert-OH is 1. The van der Waals surface area contributed by atoms with Crippen molar-refractivity contribution in [2.45, 2.75) is 120 Å². The number of aliphatic hydroxyl groups is 1. The molecule has 298 valence electrons. The Bertz CT molecular complexity index is 2030. The van der Waals surface area contributed by atoms with Crippen molar-refractivity contribution in [3.05, 3.63) is 125 Å². The SMILES string of the molecule is C[C@@H]1[C@H](CN2[C@@H](C(=O)NC(C)(C)C)CC[C@H]3CCCC[C@H]32)O[C@H](c2ccc(-c3ccccc3CNS(=O)(=O)c3ccccc3)cc2)O[C@@H]1c1ccc(CO)cc1. The minimum Gasteiger partial charge on any atom is -0.392 e. The van der Waals surface area contributed by atoms with Crippen LogP contribution >= 0.6 is 0 Å². The summed E-state index contributed by atoms with van der Waals surface area (Å²) in [5.74, 6) is 0.657. The van der Waals surface area contributed by atoms with Crippen LogP contribution in [0.1, 0.15) is 101 Å². The molecule has 0 radical (unpaired) electrons. The molecular formula is C46H57N3O6S. The lowest BCUT2D eigenvalue weighted by atomic mass is 9.75. The van der Waals surface area contributed by atoms with Gasteiger partial charge in [0, 0.05) is 36.2 Å². The summed E-state index contributed by atoms with van der Waals surface area (Å²) in [6, 6.07) is 32.4. The molecule has 0 aromatic heterocycles. The molecule has 10 heteroatoms. The van der Waals surface area contributed by atoms with Crippen molar-refractivity contribution in [3.63, 3.8) is 0 Å². The number of fused-ring (bicyclic) bond motifs is 1. The van der Waals surface area contributed by atoms with Gasteiger partial charge in [0.2, 0.25) is 15.9 Å². The summed E-state index contributed by atoms with van der Waals surface area (Å²) >= 11 is 0. The Hall–Kier alpha value is -3.90. The Labute approximate surface area is 332 Å². The zero-order valence-corrected chi connectivity index (χ0v) is 33.9. The number of hydrogen-bond acceptors (Lipinski definition) is 7. The first-order valence-corrected chi connectivity index (χ1v) is 21.7. The van der Waals surface area contributed by atoms with Crippen LogP contribution in [0.25, 0.3) is 11.1 Å². The van der Waals surface area contributed by atoms with Crippen LogP contribution in [0.2, 0.25) is 0 Å². The summed E-state index contributed by atoms with van der Waals surface area (Å²) in [6.07, 6.45) is 5.47. The molecular weight excluding hydrogens is 723 g/mol. The Morgan fingerprint density at radius 1 is 0.821 bits per heavy atom. The van der Waals surface area contributed by atoms with Crippen LogP contribution in [0, 0.1) is 11.8 Å². The van der Waals surface area contributed by atoms with Crippen LogP contribution in [0.3, 0.4) is 0 Å². The summed E-state index contributed by atoms with van der Waals surface area (Å²) in [5.41, 5.74) is 5.15. The van der Waals surface area contributed by atoms with Crippen molar-refractivity contribution in [1.29, 1.82) is 0 Å². The van der Waals surface area contributed by atoms with Crippen molar-refractivity contribution in [2.24, 2.45) is 11.8 Å². The molecule has 4 aromatic carbocycles. The number of ether oxygens (including phenoxy) is 2. The van der Waals surface area contributed by atoms with Crippen LogP contribution < -0.4 is 10.0 Å². The fourth-order valence-electron chi connectivity index (χ4n) is 8.90. The van der Waals surface area contributed by atoms with E-state index in [-0.39, 0.29) is 53.7 Å². The van der Waals surface area contributed by atoms with Gasteiger partial charge in [-0.05, 0) is 92.3 Å². The zero-order valence-electron chi connectivity index (χ0n) is 33.1. The van der Waals surface area contributed by atoms with Crippen LogP contribution in [0.5, 0.6) is 0 Å². The third-order valence-electron chi connectivity index (χ3n) is 11.8. The minimum absolute atomic E-state index is 0.0210. The molecule has 3 fully saturated rings. The average molecular weight is 780 g/mol. The normalized spacial score (nSPS) is 26.0. The van der Waals surface area contributed by atoms with Crippen LogP contribution in [0.15, 0.2) is 108 Å². The van der Waals surface area contributed by atoms with Crippen LogP contribution in [0.4, 0.5) is 0 Å². The predicted octanol–water partition coefficient (Wildman–Crippen LogP) is 8.05. The first-order chi connectivity index (χ1) is 26.9. The molecule has 3 aliphatic rings. The van der Waals surface area contributed by atoms with E-state index in [4.69, 9.17) is 9.47 Å². The molecule has 0 unspecified atom stereocenters. The number of benzene rings is 4. The molecule has 9 nitrogen and oxygen atoms in total. The van der Waals surface area contributed by atoms with Gasteiger partial charge in [-0.25, -0.2) is 13.1 Å². The van der Waals surface area contributed by atoms with Gasteiger partial charge in [0.1, 0.15) is 0 Å². The summed E-state index contributed by atoms with van der Waals surface area (Å²) < 4.78 is 42.6. The Balaban J connectivity index is 1.16. The molecule has 2 aliphatic heterocycles. The lowest BCUT2D eigenvalue weighted by Crippen LogP contribution is -2.61. The third kappa shape index (κ3) is 9.28. The van der Waals surface area contributed by atoms with Gasteiger partial charge in [-0.3, -0.25) is 9.69 Å². The van der Waals surface area contributed by atoms with Gasteiger partial charge >= 0.3 is 0 Å². The van der Waals surface area contributed by atoms with E-state index in [9.17, 15) is 18.3 Å². The van der Waals surface area contributed by atoms with Gasteiger partial charge in [-0.1, -0.05) is 111 Å². The summed E-state index contributed by atoms with van der Waals surface area (Å²) in [6.45, 7) is 9.05. The monoisotopic (exact) mass is 779 g/mol. The second-order valence-electron chi connectivity index (χ2n) is 16.9. The largest absolute Gasteiger partial charge is 0.392 e. The third-order valence-corrected chi connectivity index (χ3v) is 13.3. The van der Waals surface area contributed by atoms with Gasteiger partial charge in [-0.15, -0.1) is 0 Å². The van der Waals surface area contributed by atoms with Crippen molar-refractivity contribution < 1.29 is 27.8 Å². The van der Waals surface area contributed by atoms with Crippen LogP contribution in [-0.4, -0.2) is 54.6 Å². The lowest BCUT2D eigenvalue weighted by molar-refractivity contribution is -0.278. The second-order valence-corrected chi connectivity index (χ2v) is 18.6. The standard InChI is InChI=1S/C46H57N3O6S/c1-31-42(29-49-40-17-11-9-12-34(40)26-27-41(49)44(51)48-46(2,3)4)54-45(55-43(31)35-20-18-32(30-50)19-21-35)36-24-22-33(23-25-36)39-16-10-8-13-37(39)28-47-56(52,53)38-14-6-5-7-15-38/h5-8,10,13-16,18-25,31,34,40-43,45,47,50H,9,11-12,17,26-30H2,1-4H3,(H,48,51)/t31-,34-,40-,41-,42+,43+,45+/m1/s1. The fraction of sp³-hybridized carbons (Fsp3) is 0.457. The number of carbonyl (C=O) groups is 1. The molecule has 56 heavy (non-hydrogen) atoms. The van der Waals surface area contributed by atoms with Gasteiger partial charge in [0.15, 0.2) is 6.29 Å². The van der Waals surface area contributed by atoms with E-state index in [0.717, 1.165) is 52.6 Å². The highest BCUT2D eigenvalue weighted by molar-refractivity contribution is 7.89. The number of nitrogens with one attached hydrogen (secondary N) is 2. The molecule has 2 saturated heterocycles. The number of piperidine rings is 1. The number of hydrogen-bond donors (Lipinski definition) is 3. The fourth-order valence-corrected chi connectivity index (χ4v) is 9.92. The van der Waals surface area contributed by atoms with E-state index in [2.05, 4.69) is 21.9 Å². The molecule has 2 heterocycles. The average Bonchev–Trinajstić information content (AvgIpc) is 3.21. The quantitative estimate of drug-likeness (QED) is 0.141. The van der Waals surface area contributed by atoms with E-state index >= 15 is 0 Å². The molecule has 0 spiro atoms.